The van der Waals surface area contributed by atoms with Crippen molar-refractivity contribution in [2.24, 2.45) is 35.5 Å². The summed E-state index contributed by atoms with van der Waals surface area (Å²) in [5, 5.41) is 0. The number of hydrogen-bond donors (Lipinski definition) is 0. The van der Waals surface area contributed by atoms with Gasteiger partial charge in [-0.25, -0.2) is 0 Å². The van der Waals surface area contributed by atoms with Gasteiger partial charge in [0.25, 0.3) is 0 Å². The lowest BCUT2D eigenvalue weighted by Crippen LogP contribution is -2.47. The van der Waals surface area contributed by atoms with Gasteiger partial charge in [0, 0.05) is 13.1 Å². The third-order valence-electron chi connectivity index (χ3n) is 5.13. The van der Waals surface area contributed by atoms with Gasteiger partial charge >= 0.3 is 0 Å². The van der Waals surface area contributed by atoms with E-state index in [1.165, 1.54) is 19.5 Å². The van der Waals surface area contributed by atoms with Crippen LogP contribution in [0.15, 0.2) is 12.2 Å². The Kier molecular flexibility index (Phi) is 2.83. The van der Waals surface area contributed by atoms with E-state index in [-0.39, 0.29) is 0 Å². The maximum absolute atomic E-state index is 2.55. The topological polar surface area (TPSA) is 6.48 Å². The molecule has 4 aliphatic carbocycles. The average molecular weight is 234 g/mol. The van der Waals surface area contributed by atoms with Crippen LogP contribution >= 0.6 is 0 Å². The number of rotatable bonds is 4. The van der Waals surface area contributed by atoms with Crippen molar-refractivity contribution < 1.29 is 0 Å². The van der Waals surface area contributed by atoms with Gasteiger partial charge in [0.2, 0.25) is 0 Å². The number of hydrogen-bond acceptors (Lipinski definition) is 2. The van der Waals surface area contributed by atoms with Crippen LogP contribution in [0.3, 0.4) is 0 Å². The summed E-state index contributed by atoms with van der Waals surface area (Å²) in [6.45, 7) is 2.54. The van der Waals surface area contributed by atoms with Gasteiger partial charge in [0.05, 0.1) is 0 Å². The van der Waals surface area contributed by atoms with E-state index in [2.05, 4.69) is 50.1 Å². The molecule has 2 fully saturated rings. The summed E-state index contributed by atoms with van der Waals surface area (Å²) in [4.78, 5) is 4.78. The molecule has 0 aromatic carbocycles. The second kappa shape index (κ2) is 4.10. The minimum Gasteiger partial charge on any atom is -0.309 e. The lowest BCUT2D eigenvalue weighted by atomic mass is 9.62. The third-order valence-corrected chi connectivity index (χ3v) is 5.13. The second-order valence-corrected chi connectivity index (χ2v) is 6.96. The molecule has 2 saturated carbocycles. The van der Waals surface area contributed by atoms with Crippen molar-refractivity contribution in [1.29, 1.82) is 0 Å². The van der Waals surface area contributed by atoms with Crippen LogP contribution < -0.4 is 0 Å². The molecule has 6 atom stereocenters. The summed E-state index contributed by atoms with van der Waals surface area (Å²) in [5.74, 6) is 5.66. The van der Waals surface area contributed by atoms with Crippen LogP contribution in [0.2, 0.25) is 0 Å². The van der Waals surface area contributed by atoms with Gasteiger partial charge in [-0.3, -0.25) is 0 Å². The fraction of sp³-hybridized carbons (Fsp3) is 0.867. The van der Waals surface area contributed by atoms with Crippen LogP contribution in [0.4, 0.5) is 0 Å². The highest BCUT2D eigenvalue weighted by Gasteiger charge is 2.58. The Labute approximate surface area is 106 Å². The molecule has 0 aromatic rings. The van der Waals surface area contributed by atoms with Gasteiger partial charge in [-0.1, -0.05) is 12.2 Å². The Hall–Kier alpha value is -0.340. The normalized spacial score (nSPS) is 46.7. The molecule has 0 heterocycles. The molecule has 4 rings (SSSR count). The Morgan fingerprint density at radius 1 is 0.824 bits per heavy atom. The Bertz CT molecular complexity index is 291. The van der Waals surface area contributed by atoms with E-state index in [1.807, 2.05) is 0 Å². The molecular weight excluding hydrogens is 208 g/mol. The molecule has 2 bridgehead atoms. The van der Waals surface area contributed by atoms with E-state index in [0.29, 0.717) is 0 Å². The summed E-state index contributed by atoms with van der Waals surface area (Å²) in [7, 11) is 8.90. The molecule has 2 nitrogen and oxygen atoms in total. The minimum atomic E-state index is 0.886. The second-order valence-electron chi connectivity index (χ2n) is 6.96. The third kappa shape index (κ3) is 1.96. The van der Waals surface area contributed by atoms with Crippen LogP contribution in [0.1, 0.15) is 6.42 Å². The highest BCUT2D eigenvalue weighted by atomic mass is 15.1. The molecule has 0 saturated heterocycles. The minimum absolute atomic E-state index is 0.886. The molecule has 0 aliphatic heterocycles. The van der Waals surface area contributed by atoms with Gasteiger partial charge in [-0.2, -0.15) is 0 Å². The quantitative estimate of drug-likeness (QED) is 0.684. The summed E-state index contributed by atoms with van der Waals surface area (Å²) in [6, 6.07) is 0. The summed E-state index contributed by atoms with van der Waals surface area (Å²) in [6.07, 6.45) is 6.62. The summed E-state index contributed by atoms with van der Waals surface area (Å²) in [5.41, 5.74) is 0. The zero-order valence-corrected chi connectivity index (χ0v) is 11.6. The highest BCUT2D eigenvalue weighted by molar-refractivity contribution is 5.21. The van der Waals surface area contributed by atoms with Crippen molar-refractivity contribution in [3.63, 3.8) is 0 Å². The molecule has 2 heteroatoms. The van der Waals surface area contributed by atoms with Crippen molar-refractivity contribution in [3.8, 4) is 0 Å². The van der Waals surface area contributed by atoms with E-state index in [9.17, 15) is 0 Å². The van der Waals surface area contributed by atoms with Gasteiger partial charge in [0.1, 0.15) is 0 Å². The van der Waals surface area contributed by atoms with Crippen LogP contribution in [0.25, 0.3) is 0 Å². The molecule has 4 aliphatic rings. The van der Waals surface area contributed by atoms with Crippen LogP contribution in [-0.4, -0.2) is 51.1 Å². The predicted molar refractivity (Wildman–Crippen MR) is 71.8 cm³/mol. The smallest absolute Gasteiger partial charge is 0.00126 e. The molecule has 0 unspecified atom stereocenters. The number of nitrogens with zero attached hydrogens (tertiary/aromatic N) is 2. The number of allylic oxidation sites excluding steroid dienone is 2. The molecule has 0 spiro atoms. The highest BCUT2D eigenvalue weighted by Crippen LogP contribution is 2.63. The fourth-order valence-electron chi connectivity index (χ4n) is 4.51. The maximum atomic E-state index is 2.55. The maximum Gasteiger partial charge on any atom is 0.00126 e. The van der Waals surface area contributed by atoms with Gasteiger partial charge < -0.3 is 9.80 Å². The SMILES string of the molecule is CN(C)C[C@H]1[C@@H]2C=C[C@H]([C@H]3C[C@H]23)[C@@H]1CN(C)C. The zero-order chi connectivity index (χ0) is 12.2. The average Bonchev–Trinajstić information content (AvgIpc) is 3.00. The van der Waals surface area contributed by atoms with E-state index >= 15 is 0 Å². The lowest BCUT2D eigenvalue weighted by molar-refractivity contribution is 0.0662. The van der Waals surface area contributed by atoms with Crippen LogP contribution in [-0.2, 0) is 0 Å². The van der Waals surface area contributed by atoms with Gasteiger partial charge in [-0.15, -0.1) is 0 Å². The largest absolute Gasteiger partial charge is 0.309 e. The molecule has 0 aromatic heterocycles. The van der Waals surface area contributed by atoms with Crippen molar-refractivity contribution in [2.45, 2.75) is 6.42 Å². The first kappa shape index (κ1) is 11.7. The Morgan fingerprint density at radius 2 is 1.24 bits per heavy atom. The molecule has 96 valence electrons. The van der Waals surface area contributed by atoms with Crippen molar-refractivity contribution in [2.75, 3.05) is 41.3 Å². The van der Waals surface area contributed by atoms with E-state index < -0.39 is 0 Å². The van der Waals surface area contributed by atoms with Crippen molar-refractivity contribution in [1.82, 2.24) is 9.80 Å². The van der Waals surface area contributed by atoms with Crippen molar-refractivity contribution in [3.05, 3.63) is 12.2 Å². The van der Waals surface area contributed by atoms with E-state index in [4.69, 9.17) is 0 Å². The lowest BCUT2D eigenvalue weighted by Gasteiger charge is -2.46. The molecule has 17 heavy (non-hydrogen) atoms. The van der Waals surface area contributed by atoms with E-state index in [1.54, 1.807) is 0 Å². The molecule has 0 N–H and O–H groups in total. The Morgan fingerprint density at radius 3 is 1.59 bits per heavy atom. The summed E-state index contributed by atoms with van der Waals surface area (Å²) >= 11 is 0. The van der Waals surface area contributed by atoms with Gasteiger partial charge in [0.15, 0.2) is 0 Å². The van der Waals surface area contributed by atoms with E-state index in [0.717, 1.165) is 35.5 Å². The predicted octanol–water partition coefficient (Wildman–Crippen LogP) is 1.79. The standard InChI is InChI=1S/C15H26N2/c1-16(2)8-14-10-5-6-11(13-7-12(10)13)15(14)9-17(3)4/h5-6,10-15H,7-9H2,1-4H3/t10-,11-,12-,13-,14+,15+/m1/s1. The monoisotopic (exact) mass is 234 g/mol. The van der Waals surface area contributed by atoms with Gasteiger partial charge in [-0.05, 0) is 70.1 Å². The summed E-state index contributed by atoms with van der Waals surface area (Å²) < 4.78 is 0. The first-order valence-corrected chi connectivity index (χ1v) is 7.05. The number of fused-ring (bicyclic) bond motifs is 1. The van der Waals surface area contributed by atoms with Crippen LogP contribution in [0.5, 0.6) is 0 Å². The van der Waals surface area contributed by atoms with Crippen LogP contribution in [0, 0.1) is 35.5 Å². The molecular formula is C15H26N2. The zero-order valence-electron chi connectivity index (χ0n) is 11.6. The van der Waals surface area contributed by atoms with Crippen molar-refractivity contribution >= 4 is 0 Å². The fourth-order valence-corrected chi connectivity index (χ4v) is 4.51. The Balaban J connectivity index is 1.80. The molecule has 0 amide bonds. The first-order chi connectivity index (χ1) is 8.08. The molecule has 0 radical (unpaired) electrons. The first-order valence-electron chi connectivity index (χ1n) is 7.05.